The Morgan fingerprint density at radius 3 is 2.44 bits per heavy atom. The molecule has 0 aliphatic heterocycles. The van der Waals surface area contributed by atoms with Gasteiger partial charge in [-0.2, -0.15) is 0 Å². The van der Waals surface area contributed by atoms with E-state index in [1.54, 1.807) is 23.9 Å². The number of hydrogen-bond acceptors (Lipinski definition) is 5. The molecule has 1 aromatic heterocycles. The molecular formula is C13H12N2O2S. The highest BCUT2D eigenvalue weighted by atomic mass is 32.2. The highest BCUT2D eigenvalue weighted by Gasteiger charge is 2.16. The molecule has 0 fully saturated rings. The number of aromatic nitrogens is 2. The lowest BCUT2D eigenvalue weighted by Crippen LogP contribution is -2.07. The number of carbonyl (C=O) groups excluding carboxylic acids is 1. The van der Waals surface area contributed by atoms with E-state index in [-0.39, 0.29) is 17.4 Å². The van der Waals surface area contributed by atoms with Crippen LogP contribution in [0.5, 0.6) is 5.88 Å². The van der Waals surface area contributed by atoms with E-state index in [4.69, 9.17) is 4.74 Å². The van der Waals surface area contributed by atoms with Gasteiger partial charge >= 0.3 is 0 Å². The summed E-state index contributed by atoms with van der Waals surface area (Å²) in [4.78, 5) is 21.3. The van der Waals surface area contributed by atoms with Crippen molar-refractivity contribution in [3.05, 3.63) is 47.9 Å². The summed E-state index contributed by atoms with van der Waals surface area (Å²) in [7, 11) is 1.47. The number of hydrogen-bond donors (Lipinski definition) is 0. The number of ether oxygens (including phenoxy) is 1. The molecule has 0 aliphatic carbocycles. The monoisotopic (exact) mass is 260 g/mol. The summed E-state index contributed by atoms with van der Waals surface area (Å²) >= 11 is 1.63. The number of thioether (sulfide) groups is 1. The van der Waals surface area contributed by atoms with Gasteiger partial charge in [0.05, 0.1) is 7.11 Å². The first-order valence-electron chi connectivity index (χ1n) is 5.30. The molecule has 0 radical (unpaired) electrons. The van der Waals surface area contributed by atoms with Crippen LogP contribution >= 0.6 is 11.8 Å². The van der Waals surface area contributed by atoms with E-state index in [9.17, 15) is 4.79 Å². The first-order chi connectivity index (χ1) is 8.76. The summed E-state index contributed by atoms with van der Waals surface area (Å²) in [5.74, 6) is 0.0593. The van der Waals surface area contributed by atoms with E-state index < -0.39 is 0 Å². The first-order valence-corrected chi connectivity index (χ1v) is 6.52. The van der Waals surface area contributed by atoms with Crippen LogP contribution in [0.2, 0.25) is 0 Å². The van der Waals surface area contributed by atoms with Crippen molar-refractivity contribution in [3.63, 3.8) is 0 Å². The third-order valence-corrected chi connectivity index (χ3v) is 3.17. The van der Waals surface area contributed by atoms with Crippen molar-refractivity contribution in [2.45, 2.75) is 4.90 Å². The second kappa shape index (κ2) is 5.64. The molecule has 0 unspecified atom stereocenters. The van der Waals surface area contributed by atoms with Gasteiger partial charge < -0.3 is 4.74 Å². The number of carbonyl (C=O) groups is 1. The van der Waals surface area contributed by atoms with Crippen molar-refractivity contribution in [2.24, 2.45) is 0 Å². The van der Waals surface area contributed by atoms with E-state index >= 15 is 0 Å². The average molecular weight is 260 g/mol. The van der Waals surface area contributed by atoms with Gasteiger partial charge in [0.15, 0.2) is 5.69 Å². The predicted molar refractivity (Wildman–Crippen MR) is 70.2 cm³/mol. The molecule has 0 saturated heterocycles. The Morgan fingerprint density at radius 1 is 1.17 bits per heavy atom. The second-order valence-corrected chi connectivity index (χ2v) is 4.35. The third-order valence-electron chi connectivity index (χ3n) is 2.43. The molecule has 0 saturated carbocycles. The Labute approximate surface area is 109 Å². The molecule has 92 valence electrons. The number of benzene rings is 1. The first kappa shape index (κ1) is 12.6. The van der Waals surface area contributed by atoms with Crippen LogP contribution in [0.4, 0.5) is 0 Å². The highest BCUT2D eigenvalue weighted by Crippen LogP contribution is 2.19. The molecule has 0 spiro atoms. The molecule has 0 N–H and O–H groups in total. The molecule has 0 aliphatic rings. The summed E-state index contributed by atoms with van der Waals surface area (Å²) in [6.07, 6.45) is 4.96. The van der Waals surface area contributed by atoms with Crippen LogP contribution in [0.25, 0.3) is 0 Å². The molecule has 1 heterocycles. The average Bonchev–Trinajstić information content (AvgIpc) is 2.46. The van der Waals surface area contributed by atoms with Crippen LogP contribution in [0.1, 0.15) is 16.1 Å². The fraction of sp³-hybridized carbons (Fsp3) is 0.154. The standard InChI is InChI=1S/C13H12N2O2S/c1-17-13-11(14-7-8-15-13)12(16)9-3-5-10(18-2)6-4-9/h3-8H,1-2H3. The highest BCUT2D eigenvalue weighted by molar-refractivity contribution is 7.98. The predicted octanol–water partition coefficient (Wildman–Crippen LogP) is 2.44. The van der Waals surface area contributed by atoms with E-state index in [0.29, 0.717) is 5.56 Å². The van der Waals surface area contributed by atoms with Gasteiger partial charge in [-0.15, -0.1) is 11.8 Å². The van der Waals surface area contributed by atoms with E-state index in [1.807, 2.05) is 18.4 Å². The number of nitrogens with zero attached hydrogens (tertiary/aromatic N) is 2. The molecule has 0 atom stereocenters. The molecule has 4 nitrogen and oxygen atoms in total. The van der Waals surface area contributed by atoms with Gasteiger partial charge in [-0.05, 0) is 30.5 Å². The number of methoxy groups -OCH3 is 1. The normalized spacial score (nSPS) is 10.1. The molecule has 0 bridgehead atoms. The number of rotatable bonds is 4. The van der Waals surface area contributed by atoms with Gasteiger partial charge in [-0.3, -0.25) is 4.79 Å². The number of ketones is 1. The van der Waals surface area contributed by atoms with Crippen LogP contribution < -0.4 is 4.74 Å². The van der Waals surface area contributed by atoms with Gasteiger partial charge in [-0.25, -0.2) is 9.97 Å². The maximum absolute atomic E-state index is 12.2. The van der Waals surface area contributed by atoms with E-state index in [0.717, 1.165) is 4.90 Å². The fourth-order valence-corrected chi connectivity index (χ4v) is 1.92. The van der Waals surface area contributed by atoms with Crippen LogP contribution in [0.15, 0.2) is 41.6 Å². The summed E-state index contributed by atoms with van der Waals surface area (Å²) < 4.78 is 5.03. The Balaban J connectivity index is 2.35. The van der Waals surface area contributed by atoms with Crippen LogP contribution in [-0.2, 0) is 0 Å². The fourth-order valence-electron chi connectivity index (χ4n) is 1.51. The quantitative estimate of drug-likeness (QED) is 0.624. The smallest absolute Gasteiger partial charge is 0.243 e. The maximum Gasteiger partial charge on any atom is 0.243 e. The summed E-state index contributed by atoms with van der Waals surface area (Å²) in [5, 5.41) is 0. The van der Waals surface area contributed by atoms with Crippen molar-refractivity contribution >= 4 is 17.5 Å². The largest absolute Gasteiger partial charge is 0.479 e. The minimum absolute atomic E-state index is 0.187. The Kier molecular flexibility index (Phi) is 3.94. The summed E-state index contributed by atoms with van der Waals surface area (Å²) in [5.41, 5.74) is 0.809. The van der Waals surface area contributed by atoms with Crippen LogP contribution in [-0.4, -0.2) is 29.1 Å². The topological polar surface area (TPSA) is 52.1 Å². The molecule has 0 amide bonds. The zero-order valence-corrected chi connectivity index (χ0v) is 10.9. The molecule has 1 aromatic carbocycles. The van der Waals surface area contributed by atoms with Crippen molar-refractivity contribution in [1.82, 2.24) is 9.97 Å². The molecule has 2 aromatic rings. The van der Waals surface area contributed by atoms with Crippen LogP contribution in [0, 0.1) is 0 Å². The Hall–Kier alpha value is -1.88. The van der Waals surface area contributed by atoms with Gasteiger partial charge in [0.2, 0.25) is 11.7 Å². The maximum atomic E-state index is 12.2. The van der Waals surface area contributed by atoms with E-state index in [2.05, 4.69) is 9.97 Å². The SMILES string of the molecule is COc1nccnc1C(=O)c1ccc(SC)cc1. The Bertz CT molecular complexity index is 555. The lowest BCUT2D eigenvalue weighted by Gasteiger charge is -2.05. The molecule has 2 rings (SSSR count). The second-order valence-electron chi connectivity index (χ2n) is 3.47. The third kappa shape index (κ3) is 2.51. The van der Waals surface area contributed by atoms with Gasteiger partial charge in [0.25, 0.3) is 0 Å². The molecular weight excluding hydrogens is 248 g/mol. The Morgan fingerprint density at radius 2 is 1.83 bits per heavy atom. The van der Waals surface area contributed by atoms with Gasteiger partial charge in [-0.1, -0.05) is 0 Å². The van der Waals surface area contributed by atoms with Crippen molar-refractivity contribution < 1.29 is 9.53 Å². The summed E-state index contributed by atoms with van der Waals surface area (Å²) in [6.45, 7) is 0. The zero-order chi connectivity index (χ0) is 13.0. The van der Waals surface area contributed by atoms with Crippen molar-refractivity contribution in [3.8, 4) is 5.88 Å². The van der Waals surface area contributed by atoms with Gasteiger partial charge in [0.1, 0.15) is 0 Å². The summed E-state index contributed by atoms with van der Waals surface area (Å²) in [6, 6.07) is 7.37. The molecule has 5 heteroatoms. The lowest BCUT2D eigenvalue weighted by molar-refractivity contribution is 0.103. The zero-order valence-electron chi connectivity index (χ0n) is 10.1. The minimum Gasteiger partial charge on any atom is -0.479 e. The minimum atomic E-state index is -0.187. The van der Waals surface area contributed by atoms with Crippen molar-refractivity contribution in [2.75, 3.05) is 13.4 Å². The van der Waals surface area contributed by atoms with Crippen LogP contribution in [0.3, 0.4) is 0 Å². The molecule has 18 heavy (non-hydrogen) atoms. The van der Waals surface area contributed by atoms with Crippen molar-refractivity contribution in [1.29, 1.82) is 0 Å². The van der Waals surface area contributed by atoms with Gasteiger partial charge in [0, 0.05) is 22.9 Å². The van der Waals surface area contributed by atoms with E-state index in [1.165, 1.54) is 19.5 Å². The lowest BCUT2D eigenvalue weighted by atomic mass is 10.1.